The van der Waals surface area contributed by atoms with Crippen LogP contribution >= 0.6 is 0 Å². The van der Waals surface area contributed by atoms with Crippen LogP contribution in [0.3, 0.4) is 0 Å². The zero-order chi connectivity index (χ0) is 21.6. The lowest BCUT2D eigenvalue weighted by atomic mass is 9.76. The zero-order valence-electron chi connectivity index (χ0n) is 16.1. The topological polar surface area (TPSA) is 91.8 Å². The molecule has 6 nitrogen and oxygen atoms in total. The molecule has 0 spiro atoms. The minimum atomic E-state index is -5.81. The van der Waals surface area contributed by atoms with Gasteiger partial charge in [-0.25, -0.2) is 21.6 Å². The first-order valence-corrected chi connectivity index (χ1v) is 12.2. The molecule has 1 aliphatic carbocycles. The summed E-state index contributed by atoms with van der Waals surface area (Å²) in [5.41, 5.74) is -4.23. The van der Waals surface area contributed by atoms with E-state index in [1.165, 1.54) is 0 Å². The van der Waals surface area contributed by atoms with E-state index in [9.17, 15) is 21.2 Å². The number of piperidine rings is 1. The summed E-state index contributed by atoms with van der Waals surface area (Å²) in [6.45, 7) is 3.92. The molecule has 1 N–H and O–H groups in total. The van der Waals surface area contributed by atoms with Crippen LogP contribution in [0.5, 0.6) is 0 Å². The maximum Gasteiger partial charge on any atom is 0.304 e. The summed E-state index contributed by atoms with van der Waals surface area (Å²) in [5, 5.41) is -8.23. The van der Waals surface area contributed by atoms with Gasteiger partial charge >= 0.3 is 10.1 Å². The summed E-state index contributed by atoms with van der Waals surface area (Å²) >= 11 is 0. The molecule has 0 aromatic rings. The molecule has 0 aromatic carbocycles. The number of hydrogen-bond acceptors (Lipinski definition) is 4. The van der Waals surface area contributed by atoms with Crippen molar-refractivity contribution in [3.63, 3.8) is 0 Å². The summed E-state index contributed by atoms with van der Waals surface area (Å²) in [6.07, 6.45) is 3.03. The van der Waals surface area contributed by atoms with Crippen LogP contribution < -0.4 is 0 Å². The fourth-order valence-electron chi connectivity index (χ4n) is 4.47. The maximum atomic E-state index is 15.9. The van der Waals surface area contributed by atoms with Crippen LogP contribution in [0.25, 0.3) is 0 Å². The van der Waals surface area contributed by atoms with E-state index >= 15 is 8.78 Å². The van der Waals surface area contributed by atoms with Crippen molar-refractivity contribution in [3.05, 3.63) is 12.7 Å². The van der Waals surface area contributed by atoms with Gasteiger partial charge in [0.25, 0.3) is 20.0 Å². The van der Waals surface area contributed by atoms with Gasteiger partial charge in [-0.2, -0.15) is 12.7 Å². The van der Waals surface area contributed by atoms with E-state index in [0.717, 1.165) is 36.9 Å². The van der Waals surface area contributed by atoms with Gasteiger partial charge in [-0.1, -0.05) is 32.8 Å². The normalized spacial score (nSPS) is 31.1. The van der Waals surface area contributed by atoms with Crippen LogP contribution in [-0.2, 0) is 20.1 Å². The summed E-state index contributed by atoms with van der Waals surface area (Å²) in [5.74, 6) is 0.295. The molecule has 2 aliphatic rings. The summed E-state index contributed by atoms with van der Waals surface area (Å²) in [4.78, 5) is 0. The lowest BCUT2D eigenvalue weighted by Crippen LogP contribution is -2.67. The second-order valence-corrected chi connectivity index (χ2v) is 11.7. The van der Waals surface area contributed by atoms with Crippen molar-refractivity contribution in [2.75, 3.05) is 13.1 Å². The molecule has 28 heavy (non-hydrogen) atoms. The van der Waals surface area contributed by atoms with Gasteiger partial charge < -0.3 is 0 Å². The van der Waals surface area contributed by atoms with E-state index < -0.39 is 42.2 Å². The molecule has 5 atom stereocenters. The molecule has 1 aliphatic heterocycles. The third kappa shape index (κ3) is 3.31. The Labute approximate surface area is 165 Å². The largest absolute Gasteiger partial charge is 0.304 e. The van der Waals surface area contributed by atoms with Crippen molar-refractivity contribution in [3.8, 4) is 0 Å². The molecule has 11 heteroatoms. The van der Waals surface area contributed by atoms with Crippen LogP contribution in [-0.4, -0.2) is 54.5 Å². The van der Waals surface area contributed by atoms with E-state index in [4.69, 9.17) is 4.55 Å². The van der Waals surface area contributed by atoms with Crippen molar-refractivity contribution in [1.29, 1.82) is 0 Å². The van der Waals surface area contributed by atoms with E-state index in [0.29, 0.717) is 12.3 Å². The second-order valence-electron chi connectivity index (χ2n) is 7.85. The summed E-state index contributed by atoms with van der Waals surface area (Å²) in [6, 6.07) is 0. The Morgan fingerprint density at radius 1 is 1.11 bits per heavy atom. The highest BCUT2D eigenvalue weighted by molar-refractivity contribution is 7.90. The van der Waals surface area contributed by atoms with Crippen molar-refractivity contribution in [2.24, 2.45) is 11.8 Å². The fourth-order valence-corrected chi connectivity index (χ4v) is 7.32. The van der Waals surface area contributed by atoms with E-state index in [1.807, 2.05) is 0 Å². The third-order valence-electron chi connectivity index (χ3n) is 6.42. The number of halogens is 3. The Kier molecular flexibility index (Phi) is 6.37. The Morgan fingerprint density at radius 3 is 2.11 bits per heavy atom. The third-order valence-corrected chi connectivity index (χ3v) is 10.1. The molecule has 2 rings (SSSR count). The lowest BCUT2D eigenvalue weighted by Gasteiger charge is -2.46. The SMILES string of the molecule is C=CC(F)(C(F)(CC)S(=O)(=O)N1CCC2CCCCC2C1)[C@@](C)(F)S(=O)(=O)O. The number of alkyl halides is 3. The molecular weight excluding hydrogens is 419 g/mol. The van der Waals surface area contributed by atoms with E-state index in [-0.39, 0.29) is 32.0 Å². The zero-order valence-corrected chi connectivity index (χ0v) is 17.7. The smallest absolute Gasteiger partial charge is 0.283 e. The molecule has 2 fully saturated rings. The number of fused-ring (bicyclic) bond motifs is 1. The van der Waals surface area contributed by atoms with Gasteiger partial charge in [0.1, 0.15) is 0 Å². The van der Waals surface area contributed by atoms with E-state index in [2.05, 4.69) is 6.58 Å². The van der Waals surface area contributed by atoms with Crippen LogP contribution in [0.15, 0.2) is 12.7 Å². The highest BCUT2D eigenvalue weighted by Gasteiger charge is 2.74. The minimum absolute atomic E-state index is 0.00513. The van der Waals surface area contributed by atoms with Gasteiger partial charge in [0, 0.05) is 13.1 Å². The van der Waals surface area contributed by atoms with Gasteiger partial charge in [-0.05, 0) is 44.1 Å². The standard InChI is InChI=1S/C17H28F3NO5S2/c1-4-16(19,15(3,18)28(24,25)26)17(20,5-2)27(22,23)21-11-10-13-8-6-7-9-14(13)12-21/h4,13-14H,1,5-12H2,2-3H3,(H,24,25,26)/t13?,14?,15-,16?,17?/m0/s1. The van der Waals surface area contributed by atoms with Crippen LogP contribution in [0.2, 0.25) is 0 Å². The number of rotatable bonds is 7. The number of nitrogens with zero attached hydrogens (tertiary/aromatic N) is 1. The minimum Gasteiger partial charge on any atom is -0.283 e. The van der Waals surface area contributed by atoms with Crippen LogP contribution in [0.1, 0.15) is 52.4 Å². The van der Waals surface area contributed by atoms with Gasteiger partial charge in [0.2, 0.25) is 5.67 Å². The monoisotopic (exact) mass is 447 g/mol. The van der Waals surface area contributed by atoms with Gasteiger partial charge in [-0.15, -0.1) is 0 Å². The molecule has 4 unspecified atom stereocenters. The van der Waals surface area contributed by atoms with Gasteiger partial charge in [0.15, 0.2) is 0 Å². The predicted molar refractivity (Wildman–Crippen MR) is 99.8 cm³/mol. The molecule has 1 heterocycles. The molecule has 0 aromatic heterocycles. The first-order valence-electron chi connectivity index (χ1n) is 9.36. The maximum absolute atomic E-state index is 15.9. The molecule has 0 bridgehead atoms. The highest BCUT2D eigenvalue weighted by atomic mass is 32.2. The van der Waals surface area contributed by atoms with Gasteiger partial charge in [0.05, 0.1) is 0 Å². The summed E-state index contributed by atoms with van der Waals surface area (Å²) in [7, 11) is -10.9. The molecule has 164 valence electrons. The van der Waals surface area contributed by atoms with Crippen LogP contribution in [0.4, 0.5) is 13.2 Å². The summed E-state index contributed by atoms with van der Waals surface area (Å²) < 4.78 is 105. The van der Waals surface area contributed by atoms with Crippen molar-refractivity contribution in [2.45, 2.75) is 68.0 Å². The molecule has 0 amide bonds. The first kappa shape index (κ1) is 23.6. The van der Waals surface area contributed by atoms with Crippen molar-refractivity contribution >= 4 is 20.1 Å². The Morgan fingerprint density at radius 2 is 1.64 bits per heavy atom. The average molecular weight is 448 g/mol. The second kappa shape index (κ2) is 7.55. The van der Waals surface area contributed by atoms with E-state index in [1.54, 1.807) is 0 Å². The molecule has 1 saturated carbocycles. The van der Waals surface area contributed by atoms with Crippen molar-refractivity contribution < 1.29 is 34.6 Å². The number of sulfonamides is 1. The lowest BCUT2D eigenvalue weighted by molar-refractivity contribution is -0.0318. The molecular formula is C17H28F3NO5S2. The van der Waals surface area contributed by atoms with Crippen molar-refractivity contribution in [1.82, 2.24) is 4.31 Å². The highest BCUT2D eigenvalue weighted by Crippen LogP contribution is 2.51. The molecule has 1 saturated heterocycles. The Bertz CT molecular complexity index is 817. The number of allylic oxidation sites excluding steroid dienone is 1. The molecule has 0 radical (unpaired) electrons. The average Bonchev–Trinajstić information content (AvgIpc) is 2.64. The van der Waals surface area contributed by atoms with Crippen LogP contribution in [0, 0.1) is 11.8 Å². The number of hydrogen-bond donors (Lipinski definition) is 1. The first-order chi connectivity index (χ1) is 12.7. The fraction of sp³-hybridized carbons (Fsp3) is 0.882. The van der Waals surface area contributed by atoms with Gasteiger partial charge in [-0.3, -0.25) is 4.55 Å². The Balaban J connectivity index is 2.51. The quantitative estimate of drug-likeness (QED) is 0.477. The predicted octanol–water partition coefficient (Wildman–Crippen LogP) is 3.37. The Hall–Kier alpha value is -0.650.